The highest BCUT2D eigenvalue weighted by Crippen LogP contribution is 2.22. The molecule has 2 rings (SSSR count). The number of nitrogens with one attached hydrogen (secondary N) is 1. The molecule has 1 amide bonds. The van der Waals surface area contributed by atoms with E-state index < -0.39 is 0 Å². The summed E-state index contributed by atoms with van der Waals surface area (Å²) < 4.78 is 17.2. The first kappa shape index (κ1) is 19.0. The molecular formula is C18H19IN2O4. The van der Waals surface area contributed by atoms with E-state index in [1.165, 1.54) is 6.21 Å². The fraction of sp³-hybridized carbons (Fsp3) is 0.222. The molecule has 7 heteroatoms. The average Bonchev–Trinajstić information content (AvgIpc) is 2.62. The number of nitrogens with zero attached hydrogens (tertiary/aromatic N) is 1. The van der Waals surface area contributed by atoms with Crippen LogP contribution in [0.15, 0.2) is 47.6 Å². The van der Waals surface area contributed by atoms with Crippen LogP contribution in [0.5, 0.6) is 17.2 Å². The molecule has 0 spiro atoms. The zero-order valence-electron chi connectivity index (χ0n) is 14.0. The fourth-order valence-electron chi connectivity index (χ4n) is 1.93. The van der Waals surface area contributed by atoms with Crippen molar-refractivity contribution in [1.29, 1.82) is 0 Å². The number of amides is 1. The number of hydrogen-bond donors (Lipinski definition) is 1. The monoisotopic (exact) mass is 454 g/mol. The van der Waals surface area contributed by atoms with Crippen molar-refractivity contribution in [1.82, 2.24) is 5.43 Å². The predicted molar refractivity (Wildman–Crippen MR) is 105 cm³/mol. The number of halogens is 1. The molecule has 2 aromatic rings. The molecule has 25 heavy (non-hydrogen) atoms. The van der Waals surface area contributed by atoms with Gasteiger partial charge in [0.25, 0.3) is 5.91 Å². The molecular weight excluding hydrogens is 435 g/mol. The second-order valence-corrected chi connectivity index (χ2v) is 6.12. The molecule has 0 radical (unpaired) electrons. The third kappa shape index (κ3) is 6.26. The maximum Gasteiger partial charge on any atom is 0.277 e. The number of benzene rings is 2. The zero-order valence-corrected chi connectivity index (χ0v) is 16.1. The summed E-state index contributed by atoms with van der Waals surface area (Å²) in [6.45, 7) is 2.31. The number of carbonyl (C=O) groups excluding carboxylic acids is 1. The molecule has 0 aliphatic rings. The van der Waals surface area contributed by atoms with Crippen LogP contribution in [0, 0.1) is 3.57 Å². The minimum Gasteiger partial charge on any atom is -0.497 e. The van der Waals surface area contributed by atoms with Crippen molar-refractivity contribution in [3.63, 3.8) is 0 Å². The standard InChI is InChI=1S/C18H19IN2O4/c1-3-24-17-9-8-16(23-2)10-13(17)11-20-21-18(22)12-25-15-6-4-14(19)5-7-15/h4-11H,3,12H2,1-2H3,(H,21,22). The van der Waals surface area contributed by atoms with Gasteiger partial charge in [-0.3, -0.25) is 4.79 Å². The average molecular weight is 454 g/mol. The second kappa shape index (κ2) is 9.87. The molecule has 0 saturated carbocycles. The van der Waals surface area contributed by atoms with E-state index in [0.717, 1.165) is 3.57 Å². The van der Waals surface area contributed by atoms with Crippen LogP contribution in [0.25, 0.3) is 0 Å². The van der Waals surface area contributed by atoms with Gasteiger partial charge in [0.15, 0.2) is 6.61 Å². The van der Waals surface area contributed by atoms with Crippen LogP contribution in [0.3, 0.4) is 0 Å². The van der Waals surface area contributed by atoms with Crippen LogP contribution < -0.4 is 19.6 Å². The van der Waals surface area contributed by atoms with Crippen LogP contribution >= 0.6 is 22.6 Å². The van der Waals surface area contributed by atoms with Crippen molar-refractivity contribution in [3.05, 3.63) is 51.6 Å². The topological polar surface area (TPSA) is 69.2 Å². The number of hydrogen-bond acceptors (Lipinski definition) is 5. The molecule has 6 nitrogen and oxygen atoms in total. The SMILES string of the molecule is CCOc1ccc(OC)cc1C=NNC(=O)COc1ccc(I)cc1. The van der Waals surface area contributed by atoms with Crippen LogP contribution in [0.4, 0.5) is 0 Å². The number of carbonyl (C=O) groups is 1. The highest BCUT2D eigenvalue weighted by atomic mass is 127. The molecule has 0 atom stereocenters. The van der Waals surface area contributed by atoms with Crippen molar-refractivity contribution in [2.45, 2.75) is 6.92 Å². The Bertz CT molecular complexity index is 732. The summed E-state index contributed by atoms with van der Waals surface area (Å²) in [6, 6.07) is 12.8. The van der Waals surface area contributed by atoms with Gasteiger partial charge in [-0.05, 0) is 72.0 Å². The van der Waals surface area contributed by atoms with Gasteiger partial charge in [-0.25, -0.2) is 5.43 Å². The lowest BCUT2D eigenvalue weighted by atomic mass is 10.2. The first-order valence-electron chi connectivity index (χ1n) is 7.63. The van der Waals surface area contributed by atoms with Crippen molar-refractivity contribution < 1.29 is 19.0 Å². The van der Waals surface area contributed by atoms with E-state index in [-0.39, 0.29) is 12.5 Å². The Morgan fingerprint density at radius 1 is 1.16 bits per heavy atom. The molecule has 132 valence electrons. The quantitative estimate of drug-likeness (QED) is 0.378. The Kier molecular flexibility index (Phi) is 7.52. The Labute approximate surface area is 160 Å². The molecule has 0 fully saturated rings. The first-order chi connectivity index (χ1) is 12.1. The summed E-state index contributed by atoms with van der Waals surface area (Å²) in [7, 11) is 1.58. The van der Waals surface area contributed by atoms with Gasteiger partial charge in [0, 0.05) is 9.13 Å². The molecule has 0 aliphatic carbocycles. The minimum atomic E-state index is -0.351. The summed E-state index contributed by atoms with van der Waals surface area (Å²) in [5, 5.41) is 3.94. The number of ether oxygens (including phenoxy) is 3. The lowest BCUT2D eigenvalue weighted by molar-refractivity contribution is -0.123. The van der Waals surface area contributed by atoms with Gasteiger partial charge >= 0.3 is 0 Å². The summed E-state index contributed by atoms with van der Waals surface area (Å²) in [5.74, 6) is 1.62. The maximum absolute atomic E-state index is 11.8. The molecule has 0 heterocycles. The summed E-state index contributed by atoms with van der Waals surface area (Å²) in [5.41, 5.74) is 3.14. The normalized spacial score (nSPS) is 10.5. The van der Waals surface area contributed by atoms with E-state index >= 15 is 0 Å². The van der Waals surface area contributed by atoms with Gasteiger partial charge in [-0.1, -0.05) is 0 Å². The van der Waals surface area contributed by atoms with E-state index in [0.29, 0.717) is 29.4 Å². The third-order valence-corrected chi connectivity index (χ3v) is 3.81. The summed E-state index contributed by atoms with van der Waals surface area (Å²) in [4.78, 5) is 11.8. The third-order valence-electron chi connectivity index (χ3n) is 3.09. The second-order valence-electron chi connectivity index (χ2n) is 4.87. The summed E-state index contributed by atoms with van der Waals surface area (Å²) in [6.07, 6.45) is 1.51. The van der Waals surface area contributed by atoms with Crippen LogP contribution in [-0.4, -0.2) is 32.4 Å². The Morgan fingerprint density at radius 2 is 1.88 bits per heavy atom. The van der Waals surface area contributed by atoms with Gasteiger partial charge in [-0.15, -0.1) is 0 Å². The zero-order chi connectivity index (χ0) is 18.1. The first-order valence-corrected chi connectivity index (χ1v) is 8.71. The van der Waals surface area contributed by atoms with Crippen LogP contribution in [-0.2, 0) is 4.79 Å². The van der Waals surface area contributed by atoms with E-state index in [1.807, 2.05) is 31.2 Å². The molecule has 1 N–H and O–H groups in total. The largest absolute Gasteiger partial charge is 0.497 e. The van der Waals surface area contributed by atoms with Gasteiger partial charge in [0.05, 0.1) is 19.9 Å². The number of rotatable bonds is 8. The lowest BCUT2D eigenvalue weighted by Gasteiger charge is -2.09. The van der Waals surface area contributed by atoms with Crippen molar-refractivity contribution in [2.24, 2.45) is 5.10 Å². The van der Waals surface area contributed by atoms with E-state index in [2.05, 4.69) is 33.1 Å². The van der Waals surface area contributed by atoms with Crippen LogP contribution in [0.1, 0.15) is 12.5 Å². The number of hydrazone groups is 1. The molecule has 0 aliphatic heterocycles. The molecule has 0 aromatic heterocycles. The van der Waals surface area contributed by atoms with Crippen LogP contribution in [0.2, 0.25) is 0 Å². The minimum absolute atomic E-state index is 0.117. The van der Waals surface area contributed by atoms with E-state index in [1.54, 1.807) is 25.3 Å². The highest BCUT2D eigenvalue weighted by molar-refractivity contribution is 14.1. The van der Waals surface area contributed by atoms with Gasteiger partial charge in [-0.2, -0.15) is 5.10 Å². The predicted octanol–water partition coefficient (Wildman–Crippen LogP) is 3.23. The Hall–Kier alpha value is -2.29. The molecule has 2 aromatic carbocycles. The van der Waals surface area contributed by atoms with Crippen molar-refractivity contribution >= 4 is 34.7 Å². The smallest absolute Gasteiger partial charge is 0.277 e. The highest BCUT2D eigenvalue weighted by Gasteiger charge is 2.05. The van der Waals surface area contributed by atoms with Gasteiger partial charge < -0.3 is 14.2 Å². The molecule has 0 saturated heterocycles. The number of methoxy groups -OCH3 is 1. The van der Waals surface area contributed by atoms with E-state index in [4.69, 9.17) is 14.2 Å². The van der Waals surface area contributed by atoms with Gasteiger partial charge in [0.1, 0.15) is 17.2 Å². The maximum atomic E-state index is 11.8. The molecule has 0 unspecified atom stereocenters. The van der Waals surface area contributed by atoms with Crippen molar-refractivity contribution in [2.75, 3.05) is 20.3 Å². The Morgan fingerprint density at radius 3 is 2.56 bits per heavy atom. The van der Waals surface area contributed by atoms with E-state index in [9.17, 15) is 4.79 Å². The lowest BCUT2D eigenvalue weighted by Crippen LogP contribution is -2.24. The summed E-state index contributed by atoms with van der Waals surface area (Å²) >= 11 is 2.20. The molecule has 0 bridgehead atoms. The van der Waals surface area contributed by atoms with Gasteiger partial charge in [0.2, 0.25) is 0 Å². The van der Waals surface area contributed by atoms with Crippen molar-refractivity contribution in [3.8, 4) is 17.2 Å². The Balaban J connectivity index is 1.91. The fourth-order valence-corrected chi connectivity index (χ4v) is 2.29.